The number of aromatic nitrogens is 2. The van der Waals surface area contributed by atoms with Crippen LogP contribution < -0.4 is 0 Å². The van der Waals surface area contributed by atoms with E-state index >= 15 is 0 Å². The van der Waals surface area contributed by atoms with E-state index in [9.17, 15) is 4.79 Å². The molecular formula is C13H14N2O2. The van der Waals surface area contributed by atoms with E-state index in [1.165, 1.54) is 5.69 Å². The van der Waals surface area contributed by atoms with Crippen LogP contribution in [0.3, 0.4) is 0 Å². The lowest BCUT2D eigenvalue weighted by atomic mass is 10.0. The second-order valence-corrected chi connectivity index (χ2v) is 4.48. The molecule has 0 unspecified atom stereocenters. The Bertz CT molecular complexity index is 586. The zero-order valence-electron chi connectivity index (χ0n) is 9.52. The SMILES string of the molecule is O=C(O)Cc1c2n(c3ncccc13)CCCC2. The van der Waals surface area contributed by atoms with E-state index < -0.39 is 5.97 Å². The average Bonchev–Trinajstić information content (AvgIpc) is 2.65. The summed E-state index contributed by atoms with van der Waals surface area (Å²) in [5.41, 5.74) is 3.08. The molecule has 2 aromatic heterocycles. The maximum Gasteiger partial charge on any atom is 0.307 e. The molecule has 3 rings (SSSR count). The highest BCUT2D eigenvalue weighted by molar-refractivity contribution is 5.86. The normalized spacial score (nSPS) is 14.8. The predicted molar refractivity (Wildman–Crippen MR) is 64.0 cm³/mol. The third-order valence-corrected chi connectivity index (χ3v) is 3.41. The van der Waals surface area contributed by atoms with Crippen LogP contribution in [0.2, 0.25) is 0 Å². The van der Waals surface area contributed by atoms with Gasteiger partial charge in [-0.05, 0) is 37.0 Å². The fourth-order valence-corrected chi connectivity index (χ4v) is 2.73. The molecule has 1 N–H and O–H groups in total. The molecular weight excluding hydrogens is 216 g/mol. The van der Waals surface area contributed by atoms with Crippen molar-refractivity contribution in [2.24, 2.45) is 0 Å². The second-order valence-electron chi connectivity index (χ2n) is 4.48. The second kappa shape index (κ2) is 3.87. The van der Waals surface area contributed by atoms with Crippen LogP contribution in [0.5, 0.6) is 0 Å². The van der Waals surface area contributed by atoms with Crippen LogP contribution in [-0.2, 0) is 24.2 Å². The van der Waals surface area contributed by atoms with E-state index in [1.54, 1.807) is 6.20 Å². The van der Waals surface area contributed by atoms with E-state index in [1.807, 2.05) is 12.1 Å². The zero-order chi connectivity index (χ0) is 11.8. The molecule has 1 aliphatic heterocycles. The summed E-state index contributed by atoms with van der Waals surface area (Å²) >= 11 is 0. The van der Waals surface area contributed by atoms with Crippen molar-refractivity contribution < 1.29 is 9.90 Å². The van der Waals surface area contributed by atoms with Gasteiger partial charge in [0.2, 0.25) is 0 Å². The number of aryl methyl sites for hydroxylation is 1. The molecule has 2 aromatic rings. The van der Waals surface area contributed by atoms with Crippen molar-refractivity contribution in [1.29, 1.82) is 0 Å². The molecule has 0 fully saturated rings. The number of hydrogen-bond donors (Lipinski definition) is 1. The first kappa shape index (κ1) is 10.3. The third-order valence-electron chi connectivity index (χ3n) is 3.41. The maximum atomic E-state index is 11.0. The Morgan fingerprint density at radius 1 is 1.47 bits per heavy atom. The number of nitrogens with zero attached hydrogens (tertiary/aromatic N) is 2. The molecule has 3 heterocycles. The molecule has 4 heteroatoms. The quantitative estimate of drug-likeness (QED) is 0.858. The molecule has 0 spiro atoms. The molecule has 0 aromatic carbocycles. The van der Waals surface area contributed by atoms with Crippen LogP contribution in [-0.4, -0.2) is 20.6 Å². The number of rotatable bonds is 2. The Morgan fingerprint density at radius 2 is 2.35 bits per heavy atom. The molecule has 0 amide bonds. The minimum Gasteiger partial charge on any atom is -0.481 e. The average molecular weight is 230 g/mol. The van der Waals surface area contributed by atoms with Crippen LogP contribution >= 0.6 is 0 Å². The van der Waals surface area contributed by atoms with Crippen LogP contribution in [0.1, 0.15) is 24.1 Å². The topological polar surface area (TPSA) is 55.1 Å². The van der Waals surface area contributed by atoms with Crippen LogP contribution in [0.4, 0.5) is 0 Å². The molecule has 0 bridgehead atoms. The molecule has 0 saturated carbocycles. The van der Waals surface area contributed by atoms with Crippen LogP contribution in [0.25, 0.3) is 11.0 Å². The number of fused-ring (bicyclic) bond motifs is 3. The zero-order valence-corrected chi connectivity index (χ0v) is 9.52. The predicted octanol–water partition coefficient (Wildman–Crippen LogP) is 2.00. The van der Waals surface area contributed by atoms with Gasteiger partial charge in [-0.15, -0.1) is 0 Å². The van der Waals surface area contributed by atoms with Crippen LogP contribution in [0, 0.1) is 0 Å². The number of aliphatic carboxylic acids is 1. The van der Waals surface area contributed by atoms with E-state index in [4.69, 9.17) is 5.11 Å². The molecule has 0 radical (unpaired) electrons. The monoisotopic (exact) mass is 230 g/mol. The Kier molecular flexibility index (Phi) is 2.35. The summed E-state index contributed by atoms with van der Waals surface area (Å²) < 4.78 is 2.19. The first-order chi connectivity index (χ1) is 8.27. The first-order valence-electron chi connectivity index (χ1n) is 5.94. The van der Waals surface area contributed by atoms with Crippen molar-refractivity contribution in [2.75, 3.05) is 0 Å². The fourth-order valence-electron chi connectivity index (χ4n) is 2.73. The molecule has 0 atom stereocenters. The van der Waals surface area contributed by atoms with Gasteiger partial charge in [-0.25, -0.2) is 4.98 Å². The lowest BCUT2D eigenvalue weighted by Gasteiger charge is -2.16. The molecule has 88 valence electrons. The number of carboxylic acid groups (broad SMARTS) is 1. The lowest BCUT2D eigenvalue weighted by Crippen LogP contribution is -2.12. The summed E-state index contributed by atoms with van der Waals surface area (Å²) in [6.45, 7) is 0.961. The van der Waals surface area contributed by atoms with E-state index in [2.05, 4.69) is 9.55 Å². The minimum atomic E-state index is -0.769. The van der Waals surface area contributed by atoms with Crippen LogP contribution in [0.15, 0.2) is 18.3 Å². The van der Waals surface area contributed by atoms with Crippen molar-refractivity contribution in [3.05, 3.63) is 29.6 Å². The van der Waals surface area contributed by atoms with Crippen molar-refractivity contribution in [1.82, 2.24) is 9.55 Å². The number of carboxylic acids is 1. The summed E-state index contributed by atoms with van der Waals surface area (Å²) in [5, 5.41) is 10.0. The van der Waals surface area contributed by atoms with Crippen molar-refractivity contribution in [2.45, 2.75) is 32.2 Å². The van der Waals surface area contributed by atoms with Gasteiger partial charge in [0.1, 0.15) is 5.65 Å². The summed E-state index contributed by atoms with van der Waals surface area (Å²) in [7, 11) is 0. The maximum absolute atomic E-state index is 11.0. The Balaban J connectivity index is 2.27. The summed E-state index contributed by atoms with van der Waals surface area (Å²) in [6.07, 6.45) is 5.14. The number of carbonyl (C=O) groups is 1. The fraction of sp³-hybridized carbons (Fsp3) is 0.385. The van der Waals surface area contributed by atoms with Crippen molar-refractivity contribution in [3.8, 4) is 0 Å². The van der Waals surface area contributed by atoms with E-state index in [-0.39, 0.29) is 6.42 Å². The Hall–Kier alpha value is -1.84. The smallest absolute Gasteiger partial charge is 0.307 e. The largest absolute Gasteiger partial charge is 0.481 e. The van der Waals surface area contributed by atoms with Gasteiger partial charge in [0.05, 0.1) is 6.42 Å². The molecule has 17 heavy (non-hydrogen) atoms. The number of hydrogen-bond acceptors (Lipinski definition) is 2. The Morgan fingerprint density at radius 3 is 3.18 bits per heavy atom. The molecule has 1 aliphatic rings. The highest BCUT2D eigenvalue weighted by Crippen LogP contribution is 2.29. The van der Waals surface area contributed by atoms with Gasteiger partial charge in [0, 0.05) is 23.8 Å². The van der Waals surface area contributed by atoms with Gasteiger partial charge in [0.25, 0.3) is 0 Å². The van der Waals surface area contributed by atoms with Gasteiger partial charge in [0.15, 0.2) is 0 Å². The van der Waals surface area contributed by atoms with Crippen molar-refractivity contribution in [3.63, 3.8) is 0 Å². The third kappa shape index (κ3) is 1.60. The minimum absolute atomic E-state index is 0.102. The number of pyridine rings is 1. The molecule has 4 nitrogen and oxygen atoms in total. The van der Waals surface area contributed by atoms with Gasteiger partial charge < -0.3 is 9.67 Å². The van der Waals surface area contributed by atoms with E-state index in [0.717, 1.165) is 42.4 Å². The van der Waals surface area contributed by atoms with Gasteiger partial charge in [-0.1, -0.05) is 0 Å². The summed E-state index contributed by atoms with van der Waals surface area (Å²) in [5.74, 6) is -0.769. The summed E-state index contributed by atoms with van der Waals surface area (Å²) in [6, 6.07) is 3.85. The van der Waals surface area contributed by atoms with Crippen molar-refractivity contribution >= 4 is 17.0 Å². The van der Waals surface area contributed by atoms with Gasteiger partial charge in [-0.3, -0.25) is 4.79 Å². The highest BCUT2D eigenvalue weighted by Gasteiger charge is 2.21. The molecule has 0 aliphatic carbocycles. The molecule has 0 saturated heterocycles. The lowest BCUT2D eigenvalue weighted by molar-refractivity contribution is -0.136. The standard InChI is InChI=1S/C13H14N2O2/c16-12(17)8-10-9-4-3-6-14-13(9)15-7-2-1-5-11(10)15/h3-4,6H,1-2,5,7-8H2,(H,16,17). The van der Waals surface area contributed by atoms with Gasteiger partial charge >= 0.3 is 5.97 Å². The van der Waals surface area contributed by atoms with Gasteiger partial charge in [-0.2, -0.15) is 0 Å². The summed E-state index contributed by atoms with van der Waals surface area (Å²) in [4.78, 5) is 15.4. The highest BCUT2D eigenvalue weighted by atomic mass is 16.4. The van der Waals surface area contributed by atoms with E-state index in [0.29, 0.717) is 0 Å². The Labute approximate surface area is 98.9 Å². The first-order valence-corrected chi connectivity index (χ1v) is 5.94.